The van der Waals surface area contributed by atoms with Crippen LogP contribution in [0.3, 0.4) is 0 Å². The van der Waals surface area contributed by atoms with Crippen LogP contribution in [0.1, 0.15) is 17.2 Å². The van der Waals surface area contributed by atoms with Gasteiger partial charge in [0.25, 0.3) is 0 Å². The average Bonchev–Trinajstić information content (AvgIpc) is 2.76. The van der Waals surface area contributed by atoms with Crippen LogP contribution in [0.25, 0.3) is 0 Å². The van der Waals surface area contributed by atoms with E-state index in [2.05, 4.69) is 10.3 Å². The number of pyridine rings is 1. The standard InChI is InChI=1S/C13H16N2O2/c1-10-13(4-3-7-15-10)16-9-12-6-5-11(17-12)8-14-2/h3-7,14H,8-9H2,1-2H3. The van der Waals surface area contributed by atoms with Gasteiger partial charge in [-0.2, -0.15) is 0 Å². The molecule has 2 heterocycles. The second-order valence-corrected chi connectivity index (χ2v) is 3.77. The number of hydrogen-bond acceptors (Lipinski definition) is 4. The highest BCUT2D eigenvalue weighted by atomic mass is 16.5. The number of furan rings is 1. The lowest BCUT2D eigenvalue weighted by Crippen LogP contribution is -2.03. The van der Waals surface area contributed by atoms with Gasteiger partial charge in [-0.3, -0.25) is 4.98 Å². The third-order valence-corrected chi connectivity index (χ3v) is 2.40. The van der Waals surface area contributed by atoms with Gasteiger partial charge < -0.3 is 14.5 Å². The Labute approximate surface area is 101 Å². The highest BCUT2D eigenvalue weighted by Crippen LogP contribution is 2.16. The van der Waals surface area contributed by atoms with Crippen LogP contribution in [0, 0.1) is 6.92 Å². The third-order valence-electron chi connectivity index (χ3n) is 2.40. The normalized spacial score (nSPS) is 10.5. The van der Waals surface area contributed by atoms with Crippen molar-refractivity contribution < 1.29 is 9.15 Å². The van der Waals surface area contributed by atoms with Gasteiger partial charge in [-0.25, -0.2) is 0 Å². The predicted octanol–water partition coefficient (Wildman–Crippen LogP) is 2.28. The lowest BCUT2D eigenvalue weighted by atomic mass is 10.3. The Hall–Kier alpha value is -1.81. The van der Waals surface area contributed by atoms with Crippen molar-refractivity contribution in [3.63, 3.8) is 0 Å². The van der Waals surface area contributed by atoms with Crippen LogP contribution in [0.15, 0.2) is 34.9 Å². The maximum Gasteiger partial charge on any atom is 0.146 e. The molecule has 0 amide bonds. The highest BCUT2D eigenvalue weighted by Gasteiger charge is 2.04. The van der Waals surface area contributed by atoms with E-state index in [1.165, 1.54) is 0 Å². The first-order chi connectivity index (χ1) is 8.29. The van der Waals surface area contributed by atoms with E-state index >= 15 is 0 Å². The van der Waals surface area contributed by atoms with Gasteiger partial charge in [0.1, 0.15) is 23.9 Å². The highest BCUT2D eigenvalue weighted by molar-refractivity contribution is 5.25. The summed E-state index contributed by atoms with van der Waals surface area (Å²) in [4.78, 5) is 4.16. The lowest BCUT2D eigenvalue weighted by Gasteiger charge is -2.05. The molecular formula is C13H16N2O2. The number of hydrogen-bond donors (Lipinski definition) is 1. The molecule has 0 radical (unpaired) electrons. The minimum atomic E-state index is 0.427. The van der Waals surface area contributed by atoms with E-state index in [1.54, 1.807) is 6.20 Å². The zero-order valence-corrected chi connectivity index (χ0v) is 10.1. The Morgan fingerprint density at radius 2 is 2.12 bits per heavy atom. The first-order valence-corrected chi connectivity index (χ1v) is 5.56. The van der Waals surface area contributed by atoms with Gasteiger partial charge >= 0.3 is 0 Å². The van der Waals surface area contributed by atoms with Crippen molar-refractivity contribution in [2.75, 3.05) is 7.05 Å². The monoisotopic (exact) mass is 232 g/mol. The summed E-state index contributed by atoms with van der Waals surface area (Å²) in [6.45, 7) is 3.08. The minimum Gasteiger partial charge on any atom is -0.484 e. The molecule has 2 aromatic rings. The van der Waals surface area contributed by atoms with Gasteiger partial charge in [-0.1, -0.05) is 0 Å². The molecule has 2 aromatic heterocycles. The van der Waals surface area contributed by atoms with Crippen molar-refractivity contribution in [2.24, 2.45) is 0 Å². The maximum absolute atomic E-state index is 5.64. The third kappa shape index (κ3) is 3.07. The number of aromatic nitrogens is 1. The van der Waals surface area contributed by atoms with Crippen molar-refractivity contribution in [3.05, 3.63) is 47.7 Å². The van der Waals surface area contributed by atoms with Crippen LogP contribution in [-0.2, 0) is 13.2 Å². The summed E-state index contributed by atoms with van der Waals surface area (Å²) in [5.74, 6) is 2.52. The fraction of sp³-hybridized carbons (Fsp3) is 0.308. The summed E-state index contributed by atoms with van der Waals surface area (Å²) in [6, 6.07) is 7.64. The zero-order valence-electron chi connectivity index (χ0n) is 10.1. The van der Waals surface area contributed by atoms with Crippen LogP contribution in [0.4, 0.5) is 0 Å². The molecule has 0 bridgehead atoms. The molecule has 0 saturated carbocycles. The summed E-state index contributed by atoms with van der Waals surface area (Å²) in [6.07, 6.45) is 1.75. The quantitative estimate of drug-likeness (QED) is 0.859. The van der Waals surface area contributed by atoms with Crippen molar-refractivity contribution in [1.29, 1.82) is 0 Å². The van der Waals surface area contributed by atoms with Crippen LogP contribution in [-0.4, -0.2) is 12.0 Å². The van der Waals surface area contributed by atoms with Crippen molar-refractivity contribution in [1.82, 2.24) is 10.3 Å². The molecule has 4 nitrogen and oxygen atoms in total. The summed E-state index contributed by atoms with van der Waals surface area (Å²) in [5, 5.41) is 3.04. The van der Waals surface area contributed by atoms with Gasteiger partial charge in [0.2, 0.25) is 0 Å². The largest absolute Gasteiger partial charge is 0.484 e. The Morgan fingerprint density at radius 1 is 1.29 bits per heavy atom. The molecule has 0 aliphatic carbocycles. The van der Waals surface area contributed by atoms with Crippen LogP contribution >= 0.6 is 0 Å². The predicted molar refractivity (Wildman–Crippen MR) is 64.8 cm³/mol. The van der Waals surface area contributed by atoms with E-state index in [-0.39, 0.29) is 0 Å². The summed E-state index contributed by atoms with van der Waals surface area (Å²) >= 11 is 0. The molecule has 2 rings (SSSR count). The summed E-state index contributed by atoms with van der Waals surface area (Å²) < 4.78 is 11.2. The second kappa shape index (κ2) is 5.50. The van der Waals surface area contributed by atoms with Gasteiger partial charge in [-0.15, -0.1) is 0 Å². The molecule has 0 aromatic carbocycles. The molecule has 0 aliphatic rings. The summed E-state index contributed by atoms with van der Waals surface area (Å²) in [7, 11) is 1.89. The first-order valence-electron chi connectivity index (χ1n) is 5.56. The molecule has 0 unspecified atom stereocenters. The van der Waals surface area contributed by atoms with E-state index in [0.29, 0.717) is 6.61 Å². The van der Waals surface area contributed by atoms with E-state index in [4.69, 9.17) is 9.15 Å². The molecule has 0 fully saturated rings. The smallest absolute Gasteiger partial charge is 0.146 e. The van der Waals surface area contributed by atoms with Crippen LogP contribution in [0.2, 0.25) is 0 Å². The van der Waals surface area contributed by atoms with Crippen molar-refractivity contribution in [3.8, 4) is 5.75 Å². The molecule has 0 saturated heterocycles. The molecule has 0 aliphatic heterocycles. The van der Waals surface area contributed by atoms with E-state index < -0.39 is 0 Å². The van der Waals surface area contributed by atoms with Gasteiger partial charge in [0.15, 0.2) is 0 Å². The van der Waals surface area contributed by atoms with Gasteiger partial charge in [0.05, 0.1) is 12.2 Å². The molecule has 0 atom stereocenters. The molecule has 90 valence electrons. The lowest BCUT2D eigenvalue weighted by molar-refractivity contribution is 0.263. The van der Waals surface area contributed by atoms with Gasteiger partial charge in [0, 0.05) is 6.20 Å². The first kappa shape index (κ1) is 11.7. The molecular weight excluding hydrogens is 216 g/mol. The van der Waals surface area contributed by atoms with E-state index in [0.717, 1.165) is 29.5 Å². The zero-order chi connectivity index (χ0) is 12.1. The molecule has 17 heavy (non-hydrogen) atoms. The number of aryl methyl sites for hydroxylation is 1. The number of rotatable bonds is 5. The minimum absolute atomic E-state index is 0.427. The number of nitrogens with zero attached hydrogens (tertiary/aromatic N) is 1. The van der Waals surface area contributed by atoms with Crippen LogP contribution in [0.5, 0.6) is 5.75 Å². The van der Waals surface area contributed by atoms with Crippen molar-refractivity contribution >= 4 is 0 Å². The molecule has 0 spiro atoms. The topological polar surface area (TPSA) is 47.3 Å². The maximum atomic E-state index is 5.64. The Bertz CT molecular complexity index is 480. The van der Waals surface area contributed by atoms with Crippen molar-refractivity contribution in [2.45, 2.75) is 20.1 Å². The Kier molecular flexibility index (Phi) is 3.77. The molecule has 1 N–H and O–H groups in total. The Morgan fingerprint density at radius 3 is 2.88 bits per heavy atom. The number of ether oxygens (including phenoxy) is 1. The van der Waals surface area contributed by atoms with Gasteiger partial charge in [-0.05, 0) is 38.2 Å². The summed E-state index contributed by atoms with van der Waals surface area (Å²) in [5.41, 5.74) is 0.884. The second-order valence-electron chi connectivity index (χ2n) is 3.77. The fourth-order valence-corrected chi connectivity index (χ4v) is 1.54. The fourth-order valence-electron chi connectivity index (χ4n) is 1.54. The number of nitrogens with one attached hydrogen (secondary N) is 1. The van der Waals surface area contributed by atoms with E-state index in [9.17, 15) is 0 Å². The molecule has 4 heteroatoms. The van der Waals surface area contributed by atoms with Crippen LogP contribution < -0.4 is 10.1 Å². The SMILES string of the molecule is CNCc1ccc(COc2cccnc2C)o1. The average molecular weight is 232 g/mol. The Balaban J connectivity index is 1.95. The van der Waals surface area contributed by atoms with E-state index in [1.807, 2.05) is 38.2 Å².